The summed E-state index contributed by atoms with van der Waals surface area (Å²) in [4.78, 5) is 32.8. The summed E-state index contributed by atoms with van der Waals surface area (Å²) < 4.78 is 27.2. The van der Waals surface area contributed by atoms with Crippen LogP contribution in [0.3, 0.4) is 0 Å². The largest absolute Gasteiger partial charge is 0.493 e. The molecular formula is C34H31ClI2N2O6S. The van der Waals surface area contributed by atoms with Gasteiger partial charge in [0.2, 0.25) is 0 Å². The third-order valence-corrected chi connectivity index (χ3v) is 9.81. The fraction of sp³-hybridized carbons (Fsp3) is 0.265. The SMILES string of the molecule is CCOC(=O)C1=C(C)N=c2s/c(=C/c3cc(I)cc(I)c3OCc3ccccc3Cl)c(=O)n2[C@@H]1c1ccc(OC(C)C)c(OC)c1. The van der Waals surface area contributed by atoms with Gasteiger partial charge in [-0.25, -0.2) is 9.79 Å². The highest BCUT2D eigenvalue weighted by Crippen LogP contribution is 2.37. The molecular weight excluding hydrogens is 854 g/mol. The maximum absolute atomic E-state index is 14.3. The van der Waals surface area contributed by atoms with E-state index in [-0.39, 0.29) is 30.5 Å². The van der Waals surface area contributed by atoms with Gasteiger partial charge in [0.1, 0.15) is 12.4 Å². The molecule has 1 aromatic heterocycles. The second kappa shape index (κ2) is 14.9. The summed E-state index contributed by atoms with van der Waals surface area (Å²) in [7, 11) is 1.55. The first-order valence-corrected chi connectivity index (χ1v) is 17.8. The van der Waals surface area contributed by atoms with E-state index in [4.69, 9.17) is 35.5 Å². The number of allylic oxidation sites excluding steroid dienone is 1. The van der Waals surface area contributed by atoms with Crippen LogP contribution in [-0.4, -0.2) is 30.4 Å². The lowest BCUT2D eigenvalue weighted by Crippen LogP contribution is -2.40. The van der Waals surface area contributed by atoms with Crippen LogP contribution in [-0.2, 0) is 16.1 Å². The molecule has 0 unspecified atom stereocenters. The van der Waals surface area contributed by atoms with Crippen molar-refractivity contribution in [3.63, 3.8) is 0 Å². The number of benzene rings is 3. The Morgan fingerprint density at radius 2 is 1.89 bits per heavy atom. The van der Waals surface area contributed by atoms with Crippen molar-refractivity contribution < 1.29 is 23.7 Å². The lowest BCUT2D eigenvalue weighted by Gasteiger charge is -2.25. The van der Waals surface area contributed by atoms with Gasteiger partial charge in [0.25, 0.3) is 5.56 Å². The number of carbonyl (C=O) groups is 1. The van der Waals surface area contributed by atoms with Gasteiger partial charge < -0.3 is 18.9 Å². The Morgan fingerprint density at radius 1 is 1.13 bits per heavy atom. The zero-order valence-corrected chi connectivity index (χ0v) is 31.6. The number of hydrogen-bond acceptors (Lipinski definition) is 8. The maximum atomic E-state index is 14.3. The molecule has 0 amide bonds. The molecule has 0 fully saturated rings. The Bertz CT molecular complexity index is 2020. The zero-order valence-electron chi connectivity index (χ0n) is 25.7. The minimum Gasteiger partial charge on any atom is -0.493 e. The average molecular weight is 885 g/mol. The molecule has 0 saturated heterocycles. The highest BCUT2D eigenvalue weighted by molar-refractivity contribution is 14.1. The van der Waals surface area contributed by atoms with Gasteiger partial charge in [0, 0.05) is 19.7 Å². The topological polar surface area (TPSA) is 88.4 Å². The Hall–Kier alpha value is -2.88. The molecule has 1 atom stereocenters. The summed E-state index contributed by atoms with van der Waals surface area (Å²) in [6.07, 6.45) is 1.74. The van der Waals surface area contributed by atoms with Gasteiger partial charge in [0.05, 0.1) is 45.2 Å². The fourth-order valence-corrected chi connectivity index (χ4v) is 8.33. The minimum atomic E-state index is -0.800. The predicted molar refractivity (Wildman–Crippen MR) is 197 cm³/mol. The molecule has 1 aliphatic heterocycles. The van der Waals surface area contributed by atoms with Gasteiger partial charge >= 0.3 is 5.97 Å². The van der Waals surface area contributed by atoms with Crippen molar-refractivity contribution in [3.8, 4) is 17.2 Å². The van der Waals surface area contributed by atoms with Crippen molar-refractivity contribution in [1.82, 2.24) is 4.57 Å². The number of fused-ring (bicyclic) bond motifs is 1. The number of methoxy groups -OCH3 is 1. The van der Waals surface area contributed by atoms with Gasteiger partial charge in [-0.1, -0.05) is 47.2 Å². The number of esters is 1. The van der Waals surface area contributed by atoms with Gasteiger partial charge in [-0.3, -0.25) is 9.36 Å². The molecule has 0 bridgehead atoms. The Kier molecular flexibility index (Phi) is 11.2. The summed E-state index contributed by atoms with van der Waals surface area (Å²) in [5, 5.41) is 0.617. The van der Waals surface area contributed by atoms with E-state index in [1.807, 2.05) is 62.4 Å². The first-order chi connectivity index (χ1) is 22.0. The molecule has 0 aliphatic carbocycles. The molecule has 2 heterocycles. The standard InChI is InChI=1S/C34H31ClI2N2O6S/c1-6-43-33(41)29-19(4)38-34-39(30(29)20-11-12-26(45-18(2)3)27(14-20)42-5)32(40)28(46-34)15-22-13-23(36)16-25(37)31(22)44-17-21-9-7-8-10-24(21)35/h7-16,18,30H,6,17H2,1-5H3/b28-15+/t30-/m1/s1. The van der Waals surface area contributed by atoms with Crippen LogP contribution in [0.2, 0.25) is 5.02 Å². The second-order valence-corrected chi connectivity index (χ2v) is 14.4. The molecule has 46 heavy (non-hydrogen) atoms. The molecule has 4 aromatic rings. The molecule has 0 N–H and O–H groups in total. The summed E-state index contributed by atoms with van der Waals surface area (Å²) >= 11 is 12.1. The average Bonchev–Trinajstić information content (AvgIpc) is 3.30. The number of hydrogen-bond donors (Lipinski definition) is 0. The molecule has 0 saturated carbocycles. The van der Waals surface area contributed by atoms with Crippen LogP contribution in [0, 0.1) is 7.14 Å². The third kappa shape index (κ3) is 7.32. The van der Waals surface area contributed by atoms with E-state index in [9.17, 15) is 9.59 Å². The number of halogens is 3. The van der Waals surface area contributed by atoms with Crippen LogP contribution in [0.5, 0.6) is 17.2 Å². The number of ether oxygens (including phenoxy) is 4. The number of carbonyl (C=O) groups excluding carboxylic acids is 1. The van der Waals surface area contributed by atoms with E-state index in [2.05, 4.69) is 45.2 Å². The lowest BCUT2D eigenvalue weighted by atomic mass is 9.95. The van der Waals surface area contributed by atoms with E-state index in [1.165, 1.54) is 11.3 Å². The maximum Gasteiger partial charge on any atom is 0.338 e. The van der Waals surface area contributed by atoms with Crippen LogP contribution in [0.4, 0.5) is 0 Å². The molecule has 12 heteroatoms. The molecule has 1 aliphatic rings. The first-order valence-electron chi connectivity index (χ1n) is 14.4. The van der Waals surface area contributed by atoms with Gasteiger partial charge in [0.15, 0.2) is 16.3 Å². The van der Waals surface area contributed by atoms with Crippen molar-refractivity contribution in [1.29, 1.82) is 0 Å². The van der Waals surface area contributed by atoms with E-state index in [0.29, 0.717) is 42.9 Å². The monoisotopic (exact) mass is 884 g/mol. The van der Waals surface area contributed by atoms with Crippen molar-refractivity contribution >= 4 is 80.2 Å². The van der Waals surface area contributed by atoms with Crippen LogP contribution >= 0.6 is 68.1 Å². The Labute approximate surface area is 303 Å². The van der Waals surface area contributed by atoms with Crippen molar-refractivity contribution in [2.24, 2.45) is 4.99 Å². The minimum absolute atomic E-state index is 0.0719. The quantitative estimate of drug-likeness (QED) is 0.126. The summed E-state index contributed by atoms with van der Waals surface area (Å²) in [5.74, 6) is 1.15. The lowest BCUT2D eigenvalue weighted by molar-refractivity contribution is -0.139. The summed E-state index contributed by atoms with van der Waals surface area (Å²) in [5.41, 5.74) is 2.72. The number of aromatic nitrogens is 1. The smallest absolute Gasteiger partial charge is 0.338 e. The van der Waals surface area contributed by atoms with Gasteiger partial charge in [-0.2, -0.15) is 0 Å². The Morgan fingerprint density at radius 3 is 2.59 bits per heavy atom. The Balaban J connectivity index is 1.67. The van der Waals surface area contributed by atoms with Crippen LogP contribution in [0.25, 0.3) is 6.08 Å². The van der Waals surface area contributed by atoms with E-state index >= 15 is 0 Å². The molecule has 3 aromatic carbocycles. The predicted octanol–water partition coefficient (Wildman–Crippen LogP) is 7.04. The fourth-order valence-electron chi connectivity index (χ4n) is 5.06. The number of rotatable bonds is 10. The third-order valence-electron chi connectivity index (χ3n) is 7.04. The number of thiazole rings is 1. The van der Waals surface area contributed by atoms with Crippen LogP contribution < -0.4 is 29.1 Å². The van der Waals surface area contributed by atoms with Crippen LogP contribution in [0.15, 0.2) is 75.7 Å². The van der Waals surface area contributed by atoms with Gasteiger partial charge in [-0.05, 0) is 115 Å². The highest BCUT2D eigenvalue weighted by atomic mass is 127. The molecule has 8 nitrogen and oxygen atoms in total. The van der Waals surface area contributed by atoms with Crippen molar-refractivity contribution in [2.75, 3.05) is 13.7 Å². The van der Waals surface area contributed by atoms with E-state index in [1.54, 1.807) is 37.7 Å². The number of nitrogens with zero attached hydrogens (tertiary/aromatic N) is 2. The second-order valence-electron chi connectivity index (χ2n) is 10.6. The molecule has 5 rings (SSSR count). The normalized spacial score (nSPS) is 14.6. The zero-order chi connectivity index (χ0) is 33.1. The molecule has 0 spiro atoms. The van der Waals surface area contributed by atoms with Crippen molar-refractivity contribution in [3.05, 3.63) is 114 Å². The summed E-state index contributed by atoms with van der Waals surface area (Å²) in [6.45, 7) is 7.80. The molecule has 240 valence electrons. The van der Waals surface area contributed by atoms with Gasteiger partial charge in [-0.15, -0.1) is 0 Å². The molecule has 0 radical (unpaired) electrons. The van der Waals surface area contributed by atoms with Crippen LogP contribution in [0.1, 0.15) is 50.4 Å². The first kappa shape index (κ1) is 34.5. The van der Waals surface area contributed by atoms with E-state index < -0.39 is 12.0 Å². The van der Waals surface area contributed by atoms with E-state index in [0.717, 1.165) is 18.3 Å². The van der Waals surface area contributed by atoms with Crippen molar-refractivity contribution in [2.45, 2.75) is 46.4 Å². The summed E-state index contributed by atoms with van der Waals surface area (Å²) in [6, 6.07) is 16.1. The highest BCUT2D eigenvalue weighted by Gasteiger charge is 2.34.